The highest BCUT2D eigenvalue weighted by Gasteiger charge is 2.13. The molecule has 1 aromatic heterocycles. The van der Waals surface area contributed by atoms with E-state index >= 15 is 0 Å². The predicted molar refractivity (Wildman–Crippen MR) is 104 cm³/mol. The Labute approximate surface area is 152 Å². The van der Waals surface area contributed by atoms with Crippen molar-refractivity contribution >= 4 is 24.1 Å². The van der Waals surface area contributed by atoms with Crippen LogP contribution in [0.2, 0.25) is 5.02 Å². The van der Waals surface area contributed by atoms with Gasteiger partial charge in [-0.3, -0.25) is 4.99 Å². The highest BCUT2D eigenvalue weighted by atomic mass is 35.5. The Balaban J connectivity index is 2.17. The number of nitrogens with two attached hydrogens (primary N) is 1. The van der Waals surface area contributed by atoms with Crippen LogP contribution in [0.4, 0.5) is 5.82 Å². The zero-order valence-corrected chi connectivity index (χ0v) is 14.6. The molecule has 0 aliphatic carbocycles. The van der Waals surface area contributed by atoms with Crippen LogP contribution in [-0.4, -0.2) is 18.8 Å². The van der Waals surface area contributed by atoms with Gasteiger partial charge in [0, 0.05) is 16.1 Å². The standard InChI is InChI=1S/C20H18ClN3O/c1-23-12-18-17(14-4-3-5-15(21)10-14)11-19(24-20(18)22)13-6-8-16(25-2)9-7-13/h3-11H,1,12H2,2H3,(H2,22,24). The Morgan fingerprint density at radius 1 is 1.12 bits per heavy atom. The fourth-order valence-corrected chi connectivity index (χ4v) is 2.88. The Morgan fingerprint density at radius 3 is 2.52 bits per heavy atom. The van der Waals surface area contributed by atoms with E-state index in [9.17, 15) is 0 Å². The average Bonchev–Trinajstić information content (AvgIpc) is 2.63. The van der Waals surface area contributed by atoms with Crippen molar-refractivity contribution in [3.8, 4) is 28.1 Å². The molecule has 0 amide bonds. The van der Waals surface area contributed by atoms with Gasteiger partial charge in [0.05, 0.1) is 19.3 Å². The first-order valence-electron chi connectivity index (χ1n) is 7.74. The second kappa shape index (κ2) is 7.36. The molecule has 0 saturated carbocycles. The maximum Gasteiger partial charge on any atom is 0.129 e. The molecule has 3 aromatic rings. The van der Waals surface area contributed by atoms with Crippen LogP contribution < -0.4 is 10.5 Å². The minimum Gasteiger partial charge on any atom is -0.497 e. The first-order valence-corrected chi connectivity index (χ1v) is 8.12. The van der Waals surface area contributed by atoms with E-state index in [0.717, 1.165) is 33.7 Å². The van der Waals surface area contributed by atoms with Gasteiger partial charge in [-0.05, 0) is 60.3 Å². The third kappa shape index (κ3) is 3.64. The second-order valence-electron chi connectivity index (χ2n) is 5.54. The van der Waals surface area contributed by atoms with Gasteiger partial charge in [0.1, 0.15) is 11.6 Å². The number of anilines is 1. The number of nitrogen functional groups attached to an aromatic ring is 1. The maximum atomic E-state index is 6.22. The lowest BCUT2D eigenvalue weighted by Gasteiger charge is -2.14. The number of rotatable bonds is 5. The smallest absolute Gasteiger partial charge is 0.129 e. The van der Waals surface area contributed by atoms with Gasteiger partial charge in [-0.25, -0.2) is 4.98 Å². The SMILES string of the molecule is C=NCc1c(-c2cccc(Cl)c2)cc(-c2ccc(OC)cc2)nc1N. The number of halogens is 1. The molecule has 126 valence electrons. The Hall–Kier alpha value is -2.85. The molecule has 5 heteroatoms. The van der Waals surface area contributed by atoms with Crippen molar-refractivity contribution in [2.75, 3.05) is 12.8 Å². The van der Waals surface area contributed by atoms with Gasteiger partial charge < -0.3 is 10.5 Å². The molecule has 0 unspecified atom stereocenters. The number of nitrogens with zero attached hydrogens (tertiary/aromatic N) is 2. The Kier molecular flexibility index (Phi) is 5.00. The summed E-state index contributed by atoms with van der Waals surface area (Å²) in [6.45, 7) is 3.97. The van der Waals surface area contributed by atoms with Gasteiger partial charge in [0.25, 0.3) is 0 Å². The number of benzene rings is 2. The van der Waals surface area contributed by atoms with E-state index in [1.54, 1.807) is 7.11 Å². The Bertz CT molecular complexity index is 907. The van der Waals surface area contributed by atoms with Crippen molar-refractivity contribution < 1.29 is 4.74 Å². The summed E-state index contributed by atoms with van der Waals surface area (Å²) in [6.07, 6.45) is 0. The number of pyridine rings is 1. The summed E-state index contributed by atoms with van der Waals surface area (Å²) in [5.41, 5.74) is 10.7. The van der Waals surface area contributed by atoms with E-state index in [0.29, 0.717) is 17.4 Å². The lowest BCUT2D eigenvalue weighted by atomic mass is 9.98. The molecule has 0 aliphatic heterocycles. The zero-order chi connectivity index (χ0) is 17.8. The minimum atomic E-state index is 0.392. The highest BCUT2D eigenvalue weighted by Crippen LogP contribution is 2.33. The average molecular weight is 352 g/mol. The molecule has 0 bridgehead atoms. The van der Waals surface area contributed by atoms with Crippen LogP contribution in [0, 0.1) is 0 Å². The van der Waals surface area contributed by atoms with Gasteiger partial charge in [0.2, 0.25) is 0 Å². The van der Waals surface area contributed by atoms with Gasteiger partial charge in [0.15, 0.2) is 0 Å². The molecule has 0 fully saturated rings. The predicted octanol–water partition coefficient (Wildman–Crippen LogP) is 4.86. The number of aromatic nitrogens is 1. The normalized spacial score (nSPS) is 10.5. The molecule has 3 rings (SSSR count). The van der Waals surface area contributed by atoms with Crippen LogP contribution in [-0.2, 0) is 6.54 Å². The fourth-order valence-electron chi connectivity index (χ4n) is 2.69. The van der Waals surface area contributed by atoms with Crippen LogP contribution in [0.1, 0.15) is 5.56 Å². The van der Waals surface area contributed by atoms with E-state index in [-0.39, 0.29) is 0 Å². The fraction of sp³-hybridized carbons (Fsp3) is 0.100. The van der Waals surface area contributed by atoms with E-state index < -0.39 is 0 Å². The van der Waals surface area contributed by atoms with Crippen molar-refractivity contribution in [1.82, 2.24) is 4.98 Å². The molecular formula is C20H18ClN3O. The third-order valence-corrected chi connectivity index (χ3v) is 4.18. The molecule has 0 saturated heterocycles. The van der Waals surface area contributed by atoms with Crippen molar-refractivity contribution in [2.24, 2.45) is 4.99 Å². The van der Waals surface area contributed by atoms with Crippen LogP contribution >= 0.6 is 11.6 Å². The number of ether oxygens (including phenoxy) is 1. The van der Waals surface area contributed by atoms with E-state index in [4.69, 9.17) is 22.1 Å². The minimum absolute atomic E-state index is 0.392. The van der Waals surface area contributed by atoms with Gasteiger partial charge in [-0.2, -0.15) is 0 Å². The first kappa shape index (κ1) is 17.0. The van der Waals surface area contributed by atoms with Crippen molar-refractivity contribution in [1.29, 1.82) is 0 Å². The maximum absolute atomic E-state index is 6.22. The van der Waals surface area contributed by atoms with E-state index in [1.807, 2.05) is 54.6 Å². The molecule has 0 spiro atoms. The zero-order valence-electron chi connectivity index (χ0n) is 13.9. The molecule has 1 heterocycles. The molecular weight excluding hydrogens is 334 g/mol. The van der Waals surface area contributed by atoms with Gasteiger partial charge in [-0.15, -0.1) is 0 Å². The van der Waals surface area contributed by atoms with Gasteiger partial charge >= 0.3 is 0 Å². The number of hydrogen-bond acceptors (Lipinski definition) is 4. The first-order chi connectivity index (χ1) is 12.1. The Morgan fingerprint density at radius 2 is 1.88 bits per heavy atom. The third-order valence-electron chi connectivity index (χ3n) is 3.95. The van der Waals surface area contributed by atoms with Crippen LogP contribution in [0.25, 0.3) is 22.4 Å². The molecule has 0 aliphatic rings. The summed E-state index contributed by atoms with van der Waals surface area (Å²) < 4.78 is 5.21. The highest BCUT2D eigenvalue weighted by molar-refractivity contribution is 6.30. The van der Waals surface area contributed by atoms with Crippen molar-refractivity contribution in [3.05, 3.63) is 65.2 Å². The van der Waals surface area contributed by atoms with Crippen molar-refractivity contribution in [3.63, 3.8) is 0 Å². The topological polar surface area (TPSA) is 60.5 Å². The summed E-state index contributed by atoms with van der Waals surface area (Å²) in [6, 6.07) is 17.3. The lowest BCUT2D eigenvalue weighted by molar-refractivity contribution is 0.415. The summed E-state index contributed by atoms with van der Waals surface area (Å²) in [5, 5.41) is 0.663. The summed E-state index contributed by atoms with van der Waals surface area (Å²) in [7, 11) is 1.64. The summed E-state index contributed by atoms with van der Waals surface area (Å²) in [5.74, 6) is 1.23. The van der Waals surface area contributed by atoms with Crippen LogP contribution in [0.5, 0.6) is 5.75 Å². The number of aliphatic imine (C=N–C) groups is 1. The monoisotopic (exact) mass is 351 g/mol. The molecule has 0 radical (unpaired) electrons. The van der Waals surface area contributed by atoms with Crippen LogP contribution in [0.15, 0.2) is 59.6 Å². The second-order valence-corrected chi connectivity index (χ2v) is 5.98. The number of hydrogen-bond donors (Lipinski definition) is 1. The van der Waals surface area contributed by atoms with E-state index in [2.05, 4.69) is 16.7 Å². The summed E-state index contributed by atoms with van der Waals surface area (Å²) >= 11 is 6.16. The molecule has 2 aromatic carbocycles. The molecule has 4 nitrogen and oxygen atoms in total. The summed E-state index contributed by atoms with van der Waals surface area (Å²) in [4.78, 5) is 8.52. The van der Waals surface area contributed by atoms with E-state index in [1.165, 1.54) is 0 Å². The largest absolute Gasteiger partial charge is 0.497 e. The molecule has 0 atom stereocenters. The number of methoxy groups -OCH3 is 1. The van der Waals surface area contributed by atoms with Crippen molar-refractivity contribution in [2.45, 2.75) is 6.54 Å². The molecule has 25 heavy (non-hydrogen) atoms. The lowest BCUT2D eigenvalue weighted by Crippen LogP contribution is -2.02. The van der Waals surface area contributed by atoms with Gasteiger partial charge in [-0.1, -0.05) is 23.7 Å². The molecule has 2 N–H and O–H groups in total. The quantitative estimate of drug-likeness (QED) is 0.668. The van der Waals surface area contributed by atoms with Crippen LogP contribution in [0.3, 0.4) is 0 Å².